The Hall–Kier alpha value is -4.55. The molecule has 2 aliphatic heterocycles. The minimum absolute atomic E-state index is 0.146. The molecule has 4 aromatic rings. The van der Waals surface area contributed by atoms with Gasteiger partial charge in [0.05, 0.1) is 30.2 Å². The number of hydrogen-bond acceptors (Lipinski definition) is 8. The van der Waals surface area contributed by atoms with E-state index in [2.05, 4.69) is 52.0 Å². The molecule has 1 aliphatic carbocycles. The number of allylic oxidation sites excluding steroid dienone is 1. The van der Waals surface area contributed by atoms with E-state index in [-0.39, 0.29) is 53.1 Å². The Bertz CT molecular complexity index is 2130. The molecule has 3 aliphatic rings. The summed E-state index contributed by atoms with van der Waals surface area (Å²) in [6.07, 6.45) is 4.76. The van der Waals surface area contributed by atoms with Crippen LogP contribution >= 0.6 is 0 Å². The second kappa shape index (κ2) is 17.4. The largest absolute Gasteiger partial charge is 0.507 e. The molecule has 0 radical (unpaired) electrons. The predicted molar refractivity (Wildman–Crippen MR) is 232 cm³/mol. The van der Waals surface area contributed by atoms with Gasteiger partial charge in [-0.05, 0) is 88.1 Å². The van der Waals surface area contributed by atoms with Crippen molar-refractivity contribution in [3.63, 3.8) is 0 Å². The number of benzene rings is 4. The molecule has 0 bridgehead atoms. The maximum absolute atomic E-state index is 14.6. The SMILES string of the molecule is CCC/C(=C\c1ccccc1O)CC[C@H]1OB(O)C[C@H]2C1=C(CO[Si](c1ccccc1)(c1ccccc1)C(C)(C)C)C[C@H]1C(=O)N(c3cccc(B(O)O)c3)C(=O)[C@H]12. The van der Waals surface area contributed by atoms with Crippen molar-refractivity contribution in [2.45, 2.75) is 77.3 Å². The van der Waals surface area contributed by atoms with Crippen LogP contribution in [0.3, 0.4) is 0 Å². The zero-order valence-corrected chi connectivity index (χ0v) is 34.8. The summed E-state index contributed by atoms with van der Waals surface area (Å²) in [7, 11) is -5.96. The molecule has 2 saturated heterocycles. The summed E-state index contributed by atoms with van der Waals surface area (Å²) in [4.78, 5) is 30.3. The van der Waals surface area contributed by atoms with E-state index in [1.165, 1.54) is 17.0 Å². The number of para-hydroxylation sites is 1. The Morgan fingerprint density at radius 1 is 0.897 bits per heavy atom. The van der Waals surface area contributed by atoms with E-state index in [1.54, 1.807) is 24.3 Å². The highest BCUT2D eigenvalue weighted by Crippen LogP contribution is 2.52. The second-order valence-corrected chi connectivity index (χ2v) is 21.2. The van der Waals surface area contributed by atoms with Gasteiger partial charge >= 0.3 is 14.2 Å². The fourth-order valence-corrected chi connectivity index (χ4v) is 14.2. The van der Waals surface area contributed by atoms with Gasteiger partial charge in [-0.15, -0.1) is 0 Å². The first-order chi connectivity index (χ1) is 27.8. The first-order valence-corrected chi connectivity index (χ1v) is 22.4. The number of nitrogens with zero attached hydrogens (tertiary/aromatic N) is 1. The number of aromatic hydroxyl groups is 1. The topological polar surface area (TPSA) is 137 Å². The molecule has 0 aromatic heterocycles. The maximum atomic E-state index is 14.6. The van der Waals surface area contributed by atoms with Crippen molar-refractivity contribution in [1.29, 1.82) is 0 Å². The molecule has 4 atom stereocenters. The first kappa shape index (κ1) is 41.6. The Morgan fingerprint density at radius 3 is 2.17 bits per heavy atom. The summed E-state index contributed by atoms with van der Waals surface area (Å²) in [5, 5.41) is 43.8. The fourth-order valence-electron chi connectivity index (χ4n) is 9.67. The normalized spacial score (nSPS) is 21.3. The highest BCUT2D eigenvalue weighted by molar-refractivity contribution is 6.99. The van der Waals surface area contributed by atoms with Gasteiger partial charge in [-0.25, -0.2) is 0 Å². The number of phenols is 1. The molecule has 58 heavy (non-hydrogen) atoms. The molecule has 4 N–H and O–H groups in total. The Kier molecular flexibility index (Phi) is 12.4. The van der Waals surface area contributed by atoms with Crippen LogP contribution in [-0.4, -0.2) is 67.3 Å². The van der Waals surface area contributed by atoms with Crippen molar-refractivity contribution >= 4 is 62.0 Å². The average molecular weight is 798 g/mol. The quantitative estimate of drug-likeness (QED) is 0.0779. The van der Waals surface area contributed by atoms with Gasteiger partial charge in [-0.3, -0.25) is 14.5 Å². The van der Waals surface area contributed by atoms with E-state index in [4.69, 9.17) is 9.08 Å². The minimum Gasteiger partial charge on any atom is -0.507 e. The van der Waals surface area contributed by atoms with E-state index in [1.807, 2.05) is 54.6 Å². The van der Waals surface area contributed by atoms with Gasteiger partial charge in [0.25, 0.3) is 8.32 Å². The highest BCUT2D eigenvalue weighted by Gasteiger charge is 2.58. The van der Waals surface area contributed by atoms with Crippen LogP contribution in [-0.2, 0) is 18.7 Å². The first-order valence-electron chi connectivity index (χ1n) is 20.5. The van der Waals surface area contributed by atoms with Gasteiger partial charge in [0.1, 0.15) is 5.75 Å². The minimum atomic E-state index is -3.04. The lowest BCUT2D eigenvalue weighted by atomic mass is 9.58. The summed E-state index contributed by atoms with van der Waals surface area (Å²) in [5.41, 5.74) is 4.16. The van der Waals surface area contributed by atoms with Crippen LogP contribution in [0.25, 0.3) is 6.08 Å². The molecule has 9 nitrogen and oxygen atoms in total. The molecule has 2 amide bonds. The zero-order chi connectivity index (χ0) is 41.2. The van der Waals surface area contributed by atoms with E-state index in [0.717, 1.165) is 45.5 Å². The highest BCUT2D eigenvalue weighted by atomic mass is 28.4. The summed E-state index contributed by atoms with van der Waals surface area (Å²) in [5.74, 6) is -2.45. The molecule has 300 valence electrons. The van der Waals surface area contributed by atoms with Crippen molar-refractivity contribution in [1.82, 2.24) is 0 Å². The van der Waals surface area contributed by atoms with Crippen LogP contribution in [0.1, 0.15) is 65.4 Å². The molecule has 2 heterocycles. The van der Waals surface area contributed by atoms with Crippen LogP contribution in [0.5, 0.6) is 5.75 Å². The molecule has 0 spiro atoms. The summed E-state index contributed by atoms with van der Waals surface area (Å²) in [6.45, 7) is 8.99. The standard InChI is InChI=1S/C46H53B2NO8Si/c1-5-15-31(26-32-16-12-13-23-40(32)50)24-25-41-42-33(30-56-58(46(2,3)4,36-19-8-6-9-20-36)37-21-10-7-11-22-37)27-38-43(39(42)29-47(53)57-41)45(52)49(44(38)51)35-18-14-17-34(28-35)48(54)55/h6-14,16-23,26,28,38-39,41,43,50,53-55H,5,15,24-25,27,29-30H2,1-4H3/b31-26+/t38-,39+,41-,43-/m1/s1. The second-order valence-electron chi connectivity index (χ2n) is 16.9. The van der Waals surface area contributed by atoms with Crippen LogP contribution in [0.4, 0.5) is 5.69 Å². The smallest absolute Gasteiger partial charge is 0.488 e. The van der Waals surface area contributed by atoms with Crippen LogP contribution in [0, 0.1) is 17.8 Å². The van der Waals surface area contributed by atoms with E-state index < -0.39 is 46.4 Å². The number of rotatable bonds is 13. The van der Waals surface area contributed by atoms with Crippen molar-refractivity contribution in [2.75, 3.05) is 11.5 Å². The third-order valence-electron chi connectivity index (χ3n) is 12.2. The molecule has 4 aromatic carbocycles. The zero-order valence-electron chi connectivity index (χ0n) is 33.8. The maximum Gasteiger partial charge on any atom is 0.488 e. The number of amides is 2. The van der Waals surface area contributed by atoms with Gasteiger partial charge in [0.15, 0.2) is 0 Å². The van der Waals surface area contributed by atoms with Gasteiger partial charge < -0.3 is 29.3 Å². The van der Waals surface area contributed by atoms with Crippen molar-refractivity contribution in [3.05, 3.63) is 131 Å². The van der Waals surface area contributed by atoms with Gasteiger partial charge in [-0.1, -0.05) is 137 Å². The molecule has 12 heteroatoms. The van der Waals surface area contributed by atoms with Gasteiger partial charge in [-0.2, -0.15) is 0 Å². The molecular formula is C46H53B2NO8Si. The molecule has 0 saturated carbocycles. The lowest BCUT2D eigenvalue weighted by molar-refractivity contribution is -0.122. The van der Waals surface area contributed by atoms with Crippen LogP contribution < -0.4 is 20.7 Å². The lowest BCUT2D eigenvalue weighted by Gasteiger charge is -2.46. The number of phenolic OH excluding ortho intramolecular Hbond substituents is 1. The van der Waals surface area contributed by atoms with Crippen molar-refractivity contribution in [2.24, 2.45) is 17.8 Å². The third kappa shape index (κ3) is 8.06. The molecular weight excluding hydrogens is 744 g/mol. The molecule has 0 unspecified atom stereocenters. The number of imide groups is 1. The van der Waals surface area contributed by atoms with E-state index in [9.17, 15) is 29.8 Å². The number of carbonyl (C=O) groups is 2. The Morgan fingerprint density at radius 2 is 1.55 bits per heavy atom. The summed E-state index contributed by atoms with van der Waals surface area (Å²) < 4.78 is 13.9. The Balaban J connectivity index is 1.32. The summed E-state index contributed by atoms with van der Waals surface area (Å²) >= 11 is 0. The number of fused-ring (bicyclic) bond motifs is 3. The third-order valence-corrected chi connectivity index (χ3v) is 17.2. The monoisotopic (exact) mass is 797 g/mol. The lowest BCUT2D eigenvalue weighted by Crippen LogP contribution is -2.66. The average Bonchev–Trinajstić information content (AvgIpc) is 3.46. The number of anilines is 1. The summed E-state index contributed by atoms with van der Waals surface area (Å²) in [6, 6.07) is 34.3. The van der Waals surface area contributed by atoms with E-state index in [0.29, 0.717) is 12.8 Å². The number of carbonyl (C=O) groups excluding carboxylic acids is 2. The fraction of sp³-hybridized carbons (Fsp3) is 0.348. The predicted octanol–water partition coefficient (Wildman–Crippen LogP) is 5.61. The molecule has 2 fully saturated rings. The van der Waals surface area contributed by atoms with Crippen LogP contribution in [0.2, 0.25) is 11.4 Å². The van der Waals surface area contributed by atoms with Gasteiger partial charge in [0, 0.05) is 5.56 Å². The molecule has 7 rings (SSSR count). The Labute approximate surface area is 343 Å². The van der Waals surface area contributed by atoms with Gasteiger partial charge in [0.2, 0.25) is 11.8 Å². The van der Waals surface area contributed by atoms with E-state index >= 15 is 0 Å². The van der Waals surface area contributed by atoms with Crippen molar-refractivity contribution in [3.8, 4) is 5.75 Å². The number of hydrogen-bond donors (Lipinski definition) is 4. The van der Waals surface area contributed by atoms with Crippen molar-refractivity contribution < 1.29 is 38.8 Å². The van der Waals surface area contributed by atoms with Crippen LogP contribution in [0.15, 0.2) is 126 Å².